The molecule has 0 aliphatic carbocycles. The molecule has 1 heterocycles. The summed E-state index contributed by atoms with van der Waals surface area (Å²) in [6.45, 7) is 0.661. The molecule has 0 saturated carbocycles. The Morgan fingerprint density at radius 1 is 1.21 bits per heavy atom. The number of alkyl halides is 3. The first-order valence-corrected chi connectivity index (χ1v) is 10.5. The number of ether oxygens (including phenoxy) is 2. The molecule has 0 spiro atoms. The number of halogens is 4. The Morgan fingerprint density at radius 3 is 2.48 bits per heavy atom. The van der Waals surface area contributed by atoms with E-state index in [0.29, 0.717) is 34.6 Å². The van der Waals surface area contributed by atoms with Crippen molar-refractivity contribution < 1.29 is 27.8 Å². The van der Waals surface area contributed by atoms with E-state index in [0.717, 1.165) is 12.1 Å². The average Bonchev–Trinajstić information content (AvgIpc) is 2.75. The zero-order valence-electron chi connectivity index (χ0n) is 17.6. The van der Waals surface area contributed by atoms with Crippen molar-refractivity contribution in [2.45, 2.75) is 12.8 Å². The number of anilines is 1. The van der Waals surface area contributed by atoms with Crippen LogP contribution in [-0.2, 0) is 11.8 Å². The van der Waals surface area contributed by atoms with Crippen LogP contribution >= 0.6 is 23.8 Å². The summed E-state index contributed by atoms with van der Waals surface area (Å²) in [6.07, 6.45) is -4.32. The van der Waals surface area contributed by atoms with Gasteiger partial charge in [0.1, 0.15) is 22.1 Å². The van der Waals surface area contributed by atoms with Crippen molar-refractivity contribution in [2.75, 3.05) is 25.2 Å². The van der Waals surface area contributed by atoms with Crippen LogP contribution in [0, 0.1) is 0 Å². The summed E-state index contributed by atoms with van der Waals surface area (Å²) in [5.41, 5.74) is 0.239. The number of thiocarbonyl (C=S) groups is 1. The number of fused-ring (bicyclic) bond motifs is 1. The Balaban J connectivity index is 2.07. The standard InChI is InChI=1S/C22H20ClF3N2O4S/c1-27-17-9-4-13(23)12-16(17)19(29)18(20(27)30)21(33)28(10-3-11-31-2)14-5-7-15(8-6-14)32-22(24,25)26/h4-9,12,29H,3,10-11H2,1-2H3. The molecule has 176 valence electrons. The van der Waals surface area contributed by atoms with Crippen LogP contribution in [0.2, 0.25) is 5.02 Å². The molecule has 1 aromatic heterocycles. The minimum atomic E-state index is -4.82. The number of benzene rings is 2. The quantitative estimate of drug-likeness (QED) is 0.363. The topological polar surface area (TPSA) is 63.9 Å². The highest BCUT2D eigenvalue weighted by Crippen LogP contribution is 2.31. The Bertz CT molecular complexity index is 1230. The highest BCUT2D eigenvalue weighted by atomic mass is 35.5. The Hall–Kier alpha value is -2.82. The maximum Gasteiger partial charge on any atom is 0.573 e. The van der Waals surface area contributed by atoms with Crippen LogP contribution in [-0.4, -0.2) is 41.3 Å². The van der Waals surface area contributed by atoms with Gasteiger partial charge in [-0.2, -0.15) is 0 Å². The number of aromatic hydroxyl groups is 1. The third-order valence-corrected chi connectivity index (χ3v) is 5.56. The van der Waals surface area contributed by atoms with E-state index < -0.39 is 17.7 Å². The molecule has 0 unspecified atom stereocenters. The molecule has 11 heteroatoms. The summed E-state index contributed by atoms with van der Waals surface area (Å²) >= 11 is 11.7. The summed E-state index contributed by atoms with van der Waals surface area (Å²) in [5.74, 6) is -0.720. The molecule has 0 fully saturated rings. The summed E-state index contributed by atoms with van der Waals surface area (Å²) in [4.78, 5) is 14.7. The van der Waals surface area contributed by atoms with Gasteiger partial charge in [-0.1, -0.05) is 23.8 Å². The number of methoxy groups -OCH3 is 1. The van der Waals surface area contributed by atoms with Gasteiger partial charge < -0.3 is 24.0 Å². The van der Waals surface area contributed by atoms with Crippen molar-refractivity contribution in [1.82, 2.24) is 4.57 Å². The molecule has 0 radical (unpaired) electrons. The number of aryl methyl sites for hydroxylation is 1. The minimum absolute atomic E-state index is 0.00979. The number of pyridine rings is 1. The van der Waals surface area contributed by atoms with Crippen LogP contribution < -0.4 is 15.2 Å². The van der Waals surface area contributed by atoms with E-state index in [1.54, 1.807) is 24.1 Å². The molecule has 2 aromatic carbocycles. The number of rotatable bonds is 7. The first kappa shape index (κ1) is 24.8. The van der Waals surface area contributed by atoms with E-state index in [4.69, 9.17) is 28.6 Å². The minimum Gasteiger partial charge on any atom is -0.506 e. The highest BCUT2D eigenvalue weighted by Gasteiger charge is 2.31. The van der Waals surface area contributed by atoms with Crippen molar-refractivity contribution in [1.29, 1.82) is 0 Å². The first-order chi connectivity index (χ1) is 15.5. The van der Waals surface area contributed by atoms with Gasteiger partial charge in [-0.25, -0.2) is 0 Å². The number of nitrogens with zero attached hydrogens (tertiary/aromatic N) is 2. The lowest BCUT2D eigenvalue weighted by molar-refractivity contribution is -0.274. The summed E-state index contributed by atoms with van der Waals surface area (Å²) in [5, 5.41) is 11.6. The number of hydrogen-bond donors (Lipinski definition) is 1. The molecule has 3 aromatic rings. The molecular weight excluding hydrogens is 481 g/mol. The predicted molar refractivity (Wildman–Crippen MR) is 125 cm³/mol. The fourth-order valence-electron chi connectivity index (χ4n) is 3.37. The van der Waals surface area contributed by atoms with Gasteiger partial charge in [0.15, 0.2) is 0 Å². The van der Waals surface area contributed by atoms with Gasteiger partial charge in [0, 0.05) is 43.4 Å². The van der Waals surface area contributed by atoms with E-state index in [9.17, 15) is 23.1 Å². The molecule has 33 heavy (non-hydrogen) atoms. The van der Waals surface area contributed by atoms with Gasteiger partial charge in [0.25, 0.3) is 5.56 Å². The molecule has 0 aliphatic rings. The molecule has 0 amide bonds. The van der Waals surface area contributed by atoms with Crippen LogP contribution in [0.15, 0.2) is 47.3 Å². The van der Waals surface area contributed by atoms with Crippen molar-refractivity contribution >= 4 is 45.4 Å². The smallest absolute Gasteiger partial charge is 0.506 e. The third kappa shape index (κ3) is 5.58. The van der Waals surface area contributed by atoms with Gasteiger partial charge in [0.05, 0.1) is 5.52 Å². The molecule has 0 aliphatic heterocycles. The zero-order chi connectivity index (χ0) is 24.3. The molecular formula is C22H20ClF3N2O4S. The second-order valence-corrected chi connectivity index (χ2v) is 7.92. The molecule has 0 bridgehead atoms. The first-order valence-electron chi connectivity index (χ1n) is 9.71. The Morgan fingerprint density at radius 2 is 1.88 bits per heavy atom. The number of hydrogen-bond acceptors (Lipinski definition) is 5. The summed E-state index contributed by atoms with van der Waals surface area (Å²) in [6, 6.07) is 9.80. The molecule has 0 saturated heterocycles. The SMILES string of the molecule is COCCCN(C(=S)c1c(O)c2cc(Cl)ccc2n(C)c1=O)c1ccc(OC(F)(F)F)cc1. The van der Waals surface area contributed by atoms with Gasteiger partial charge in [-0.05, 0) is 48.9 Å². The summed E-state index contributed by atoms with van der Waals surface area (Å²) < 4.78 is 47.8. The van der Waals surface area contributed by atoms with Gasteiger partial charge in [0.2, 0.25) is 0 Å². The molecule has 3 rings (SSSR count). The Kier molecular flexibility index (Phi) is 7.51. The maximum atomic E-state index is 13.1. The average molecular weight is 501 g/mol. The van der Waals surface area contributed by atoms with E-state index in [2.05, 4.69) is 4.74 Å². The van der Waals surface area contributed by atoms with E-state index in [1.807, 2.05) is 0 Å². The van der Waals surface area contributed by atoms with E-state index in [1.165, 1.54) is 29.9 Å². The van der Waals surface area contributed by atoms with Crippen molar-refractivity contribution in [2.24, 2.45) is 7.05 Å². The lowest BCUT2D eigenvalue weighted by Crippen LogP contribution is -2.37. The third-order valence-electron chi connectivity index (χ3n) is 4.90. The van der Waals surface area contributed by atoms with Gasteiger partial charge in [-0.3, -0.25) is 4.79 Å². The van der Waals surface area contributed by atoms with Gasteiger partial charge >= 0.3 is 6.36 Å². The van der Waals surface area contributed by atoms with E-state index >= 15 is 0 Å². The molecule has 0 atom stereocenters. The Labute approximate surface area is 197 Å². The van der Waals surface area contributed by atoms with Crippen LogP contribution in [0.1, 0.15) is 12.0 Å². The monoisotopic (exact) mass is 500 g/mol. The molecule has 6 nitrogen and oxygen atoms in total. The number of aromatic nitrogens is 1. The van der Waals surface area contributed by atoms with Crippen LogP contribution in [0.4, 0.5) is 18.9 Å². The predicted octanol–water partition coefficient (Wildman–Crippen LogP) is 5.01. The normalized spacial score (nSPS) is 11.6. The maximum absolute atomic E-state index is 13.1. The largest absolute Gasteiger partial charge is 0.573 e. The van der Waals surface area contributed by atoms with E-state index in [-0.39, 0.29) is 22.8 Å². The fraction of sp³-hybridized carbons (Fsp3) is 0.273. The van der Waals surface area contributed by atoms with Crippen LogP contribution in [0.5, 0.6) is 11.5 Å². The van der Waals surface area contributed by atoms with Crippen molar-refractivity contribution in [3.63, 3.8) is 0 Å². The zero-order valence-corrected chi connectivity index (χ0v) is 19.2. The van der Waals surface area contributed by atoms with Gasteiger partial charge in [-0.15, -0.1) is 13.2 Å². The van der Waals surface area contributed by atoms with Crippen molar-refractivity contribution in [3.8, 4) is 11.5 Å². The highest BCUT2D eigenvalue weighted by molar-refractivity contribution is 7.81. The van der Waals surface area contributed by atoms with Crippen molar-refractivity contribution in [3.05, 3.63) is 63.4 Å². The lowest BCUT2D eigenvalue weighted by atomic mass is 10.1. The molecule has 1 N–H and O–H groups in total. The van der Waals surface area contributed by atoms with Crippen LogP contribution in [0.25, 0.3) is 10.9 Å². The lowest BCUT2D eigenvalue weighted by Gasteiger charge is -2.26. The van der Waals surface area contributed by atoms with Crippen LogP contribution in [0.3, 0.4) is 0 Å². The fourth-order valence-corrected chi connectivity index (χ4v) is 3.93. The second-order valence-electron chi connectivity index (χ2n) is 7.09. The second kappa shape index (κ2) is 9.98. The summed E-state index contributed by atoms with van der Waals surface area (Å²) in [7, 11) is 3.07.